The smallest absolute Gasteiger partial charge is 0.0130 e. The van der Waals surface area contributed by atoms with Crippen molar-refractivity contribution in [2.24, 2.45) is 11.7 Å². The summed E-state index contributed by atoms with van der Waals surface area (Å²) in [5.41, 5.74) is 5.69. The molecule has 2 nitrogen and oxygen atoms in total. The van der Waals surface area contributed by atoms with Crippen LogP contribution in [0.5, 0.6) is 0 Å². The average Bonchev–Trinajstić information content (AvgIpc) is 2.41. The number of rotatable bonds is 4. The van der Waals surface area contributed by atoms with Crippen molar-refractivity contribution in [2.75, 3.05) is 19.6 Å². The van der Waals surface area contributed by atoms with Gasteiger partial charge in [-0.15, -0.1) is 0 Å². The molecule has 2 N–H and O–H groups in total. The van der Waals surface area contributed by atoms with Gasteiger partial charge < -0.3 is 10.6 Å². The SMILES string of the molecule is CC(C)C(CCN)N1CCCCCC1. The van der Waals surface area contributed by atoms with E-state index in [-0.39, 0.29) is 0 Å². The van der Waals surface area contributed by atoms with Gasteiger partial charge >= 0.3 is 0 Å². The molecule has 0 radical (unpaired) electrons. The van der Waals surface area contributed by atoms with Gasteiger partial charge in [-0.3, -0.25) is 0 Å². The van der Waals surface area contributed by atoms with Crippen LogP contribution in [0, 0.1) is 5.92 Å². The molecule has 0 aromatic rings. The predicted molar refractivity (Wildman–Crippen MR) is 62.3 cm³/mol. The lowest BCUT2D eigenvalue weighted by Crippen LogP contribution is -2.40. The molecule has 14 heavy (non-hydrogen) atoms. The Kier molecular flexibility index (Phi) is 5.49. The van der Waals surface area contributed by atoms with Gasteiger partial charge in [-0.05, 0) is 44.8 Å². The fourth-order valence-corrected chi connectivity index (χ4v) is 2.54. The fourth-order valence-electron chi connectivity index (χ4n) is 2.54. The molecule has 1 aliphatic heterocycles. The lowest BCUT2D eigenvalue weighted by molar-refractivity contribution is 0.153. The normalized spacial score (nSPS) is 22.3. The molecule has 0 aromatic heterocycles. The maximum Gasteiger partial charge on any atom is 0.0130 e. The molecule has 1 saturated heterocycles. The van der Waals surface area contributed by atoms with Crippen molar-refractivity contribution in [3.63, 3.8) is 0 Å². The number of hydrogen-bond donors (Lipinski definition) is 1. The van der Waals surface area contributed by atoms with Gasteiger partial charge in [0.2, 0.25) is 0 Å². The second kappa shape index (κ2) is 6.41. The van der Waals surface area contributed by atoms with Crippen LogP contribution in [0.25, 0.3) is 0 Å². The number of nitrogens with two attached hydrogens (primary N) is 1. The highest BCUT2D eigenvalue weighted by atomic mass is 15.2. The standard InChI is InChI=1S/C12H26N2/c1-11(2)12(7-8-13)14-9-5-3-4-6-10-14/h11-12H,3-10,13H2,1-2H3. The zero-order valence-corrected chi connectivity index (χ0v) is 9.84. The van der Waals surface area contributed by atoms with E-state index in [0.717, 1.165) is 24.9 Å². The molecule has 1 aliphatic rings. The van der Waals surface area contributed by atoms with E-state index >= 15 is 0 Å². The van der Waals surface area contributed by atoms with Gasteiger partial charge in [0.15, 0.2) is 0 Å². The molecule has 0 spiro atoms. The van der Waals surface area contributed by atoms with Gasteiger partial charge in [0.25, 0.3) is 0 Å². The van der Waals surface area contributed by atoms with Gasteiger partial charge in [-0.25, -0.2) is 0 Å². The molecule has 1 heterocycles. The first-order valence-electron chi connectivity index (χ1n) is 6.20. The Hall–Kier alpha value is -0.0800. The van der Waals surface area contributed by atoms with E-state index in [2.05, 4.69) is 18.7 Å². The molecule has 2 heteroatoms. The molecule has 0 bridgehead atoms. The van der Waals surface area contributed by atoms with E-state index in [4.69, 9.17) is 5.73 Å². The Balaban J connectivity index is 2.46. The van der Waals surface area contributed by atoms with Crippen molar-refractivity contribution in [3.05, 3.63) is 0 Å². The highest BCUT2D eigenvalue weighted by Crippen LogP contribution is 2.19. The van der Waals surface area contributed by atoms with E-state index in [1.165, 1.54) is 38.8 Å². The highest BCUT2D eigenvalue weighted by molar-refractivity contribution is 4.76. The van der Waals surface area contributed by atoms with Crippen LogP contribution in [0.3, 0.4) is 0 Å². The summed E-state index contributed by atoms with van der Waals surface area (Å²) in [6.07, 6.45) is 6.77. The summed E-state index contributed by atoms with van der Waals surface area (Å²) in [5.74, 6) is 0.747. The first-order chi connectivity index (χ1) is 6.75. The Bertz CT molecular complexity index is 137. The van der Waals surface area contributed by atoms with Crippen molar-refractivity contribution in [2.45, 2.75) is 52.0 Å². The van der Waals surface area contributed by atoms with E-state index in [0.29, 0.717) is 0 Å². The lowest BCUT2D eigenvalue weighted by Gasteiger charge is -2.33. The molecule has 1 fully saturated rings. The highest BCUT2D eigenvalue weighted by Gasteiger charge is 2.21. The Morgan fingerprint density at radius 1 is 1.07 bits per heavy atom. The van der Waals surface area contributed by atoms with Crippen molar-refractivity contribution in [1.29, 1.82) is 0 Å². The molecule has 0 amide bonds. The minimum Gasteiger partial charge on any atom is -0.330 e. The lowest BCUT2D eigenvalue weighted by atomic mass is 9.99. The summed E-state index contributed by atoms with van der Waals surface area (Å²) in [5, 5.41) is 0. The molecule has 84 valence electrons. The van der Waals surface area contributed by atoms with Gasteiger partial charge in [-0.1, -0.05) is 26.7 Å². The topological polar surface area (TPSA) is 29.3 Å². The zero-order valence-electron chi connectivity index (χ0n) is 9.84. The Morgan fingerprint density at radius 2 is 1.64 bits per heavy atom. The second-order valence-corrected chi connectivity index (χ2v) is 4.84. The number of nitrogens with zero attached hydrogens (tertiary/aromatic N) is 1. The maximum absolute atomic E-state index is 5.69. The first kappa shape index (κ1) is 12.0. The van der Waals surface area contributed by atoms with Crippen molar-refractivity contribution < 1.29 is 0 Å². The van der Waals surface area contributed by atoms with Crippen LogP contribution in [0.4, 0.5) is 0 Å². The first-order valence-corrected chi connectivity index (χ1v) is 6.20. The predicted octanol–water partition coefficient (Wildman–Crippen LogP) is 2.24. The maximum atomic E-state index is 5.69. The average molecular weight is 198 g/mol. The van der Waals surface area contributed by atoms with E-state index in [1.807, 2.05) is 0 Å². The summed E-state index contributed by atoms with van der Waals surface area (Å²) in [6, 6.07) is 0.720. The van der Waals surface area contributed by atoms with Crippen LogP contribution < -0.4 is 5.73 Å². The van der Waals surface area contributed by atoms with Crippen molar-refractivity contribution >= 4 is 0 Å². The van der Waals surface area contributed by atoms with E-state index in [9.17, 15) is 0 Å². The minimum absolute atomic E-state index is 0.720. The van der Waals surface area contributed by atoms with Crippen LogP contribution in [0.15, 0.2) is 0 Å². The monoisotopic (exact) mass is 198 g/mol. The summed E-state index contributed by atoms with van der Waals surface area (Å²) < 4.78 is 0. The van der Waals surface area contributed by atoms with Gasteiger partial charge in [-0.2, -0.15) is 0 Å². The van der Waals surface area contributed by atoms with E-state index in [1.54, 1.807) is 0 Å². The second-order valence-electron chi connectivity index (χ2n) is 4.84. The molecule has 0 aromatic carbocycles. The van der Waals surface area contributed by atoms with Crippen LogP contribution in [-0.4, -0.2) is 30.6 Å². The third-order valence-corrected chi connectivity index (χ3v) is 3.34. The molecule has 0 saturated carbocycles. The van der Waals surface area contributed by atoms with Crippen molar-refractivity contribution in [1.82, 2.24) is 4.90 Å². The number of likely N-dealkylation sites (tertiary alicyclic amines) is 1. The van der Waals surface area contributed by atoms with Crippen LogP contribution in [-0.2, 0) is 0 Å². The van der Waals surface area contributed by atoms with Gasteiger partial charge in [0.05, 0.1) is 0 Å². The van der Waals surface area contributed by atoms with Gasteiger partial charge in [0, 0.05) is 6.04 Å². The molecule has 1 rings (SSSR count). The van der Waals surface area contributed by atoms with Crippen LogP contribution in [0.1, 0.15) is 46.0 Å². The quantitative estimate of drug-likeness (QED) is 0.750. The minimum atomic E-state index is 0.720. The molecular weight excluding hydrogens is 172 g/mol. The largest absolute Gasteiger partial charge is 0.330 e. The van der Waals surface area contributed by atoms with E-state index < -0.39 is 0 Å². The number of hydrogen-bond acceptors (Lipinski definition) is 2. The summed E-state index contributed by atoms with van der Waals surface area (Å²) in [4.78, 5) is 2.67. The Morgan fingerprint density at radius 3 is 2.07 bits per heavy atom. The summed E-state index contributed by atoms with van der Waals surface area (Å²) in [6.45, 7) is 8.07. The molecular formula is C12H26N2. The molecule has 0 aliphatic carbocycles. The van der Waals surface area contributed by atoms with Crippen LogP contribution in [0.2, 0.25) is 0 Å². The summed E-state index contributed by atoms with van der Waals surface area (Å²) in [7, 11) is 0. The van der Waals surface area contributed by atoms with Gasteiger partial charge in [0.1, 0.15) is 0 Å². The summed E-state index contributed by atoms with van der Waals surface area (Å²) >= 11 is 0. The third kappa shape index (κ3) is 3.58. The zero-order chi connectivity index (χ0) is 10.4. The van der Waals surface area contributed by atoms with Crippen LogP contribution >= 0.6 is 0 Å². The fraction of sp³-hybridized carbons (Fsp3) is 1.00. The molecule has 1 unspecified atom stereocenters. The molecule has 1 atom stereocenters. The van der Waals surface area contributed by atoms with Crippen molar-refractivity contribution in [3.8, 4) is 0 Å². The third-order valence-electron chi connectivity index (χ3n) is 3.34. The Labute approximate surface area is 88.8 Å².